The van der Waals surface area contributed by atoms with Crippen LogP contribution in [0.3, 0.4) is 0 Å². The second-order valence-electron chi connectivity index (χ2n) is 9.58. The number of nitrogens with zero attached hydrogens (tertiary/aromatic N) is 4. The molecule has 6 rings (SSSR count). The number of aliphatic imine (C=N–C) groups is 1. The first-order chi connectivity index (χ1) is 19.8. The minimum Gasteiger partial charge on any atom is -0.345 e. The number of alkyl halides is 3. The number of ether oxygens (including phenoxy) is 2. The maximum Gasteiger partial charge on any atom is 0.333 e. The van der Waals surface area contributed by atoms with Crippen LogP contribution in [0.2, 0.25) is 5.02 Å². The summed E-state index contributed by atoms with van der Waals surface area (Å²) in [4.78, 5) is 9.12. The van der Waals surface area contributed by atoms with Crippen LogP contribution in [0.15, 0.2) is 83.2 Å². The van der Waals surface area contributed by atoms with Crippen LogP contribution in [-0.4, -0.2) is 39.5 Å². The number of thiazole rings is 1. The van der Waals surface area contributed by atoms with E-state index in [4.69, 9.17) is 26.1 Å². The first kappa shape index (κ1) is 27.6. The molecule has 212 valence electrons. The first-order valence-corrected chi connectivity index (χ1v) is 13.8. The molecule has 1 atom stereocenters. The molecule has 0 amide bonds. The highest BCUT2D eigenvalue weighted by Gasteiger charge is 2.41. The van der Waals surface area contributed by atoms with Crippen LogP contribution in [0.1, 0.15) is 47.0 Å². The van der Waals surface area contributed by atoms with Crippen LogP contribution >= 0.6 is 22.9 Å². The normalized spacial score (nSPS) is 23.0. The van der Waals surface area contributed by atoms with Crippen molar-refractivity contribution in [3.8, 4) is 0 Å². The Bertz CT molecular complexity index is 1590. The number of allylic oxidation sites excluding steroid dienone is 1. The molecule has 13 heteroatoms. The monoisotopic (exact) mass is 603 g/mol. The second kappa shape index (κ2) is 11.4. The zero-order valence-corrected chi connectivity index (χ0v) is 22.8. The summed E-state index contributed by atoms with van der Waals surface area (Å²) in [6.07, 6.45) is 3.03. The fourth-order valence-electron chi connectivity index (χ4n) is 4.82. The summed E-state index contributed by atoms with van der Waals surface area (Å²) in [5.74, 6) is -0.228. The third-order valence-electron chi connectivity index (χ3n) is 6.68. The molecule has 4 aromatic rings. The molecule has 0 aliphatic carbocycles. The molecule has 2 aromatic heterocycles. The minimum absolute atomic E-state index is 0.0715. The molecule has 41 heavy (non-hydrogen) atoms. The Morgan fingerprint density at radius 2 is 1.93 bits per heavy atom. The number of amidine groups is 1. The standard InChI is InChI=1S/C28H22ClF4N5O2S/c29-20-10-18(30)6-7-19(20)23-22(17-12-35-38(13-17)27(31)32)21(36-24(37-23)25-34-8-9-41-25)11-28(33)14-39-26(40-15-28)16-4-2-1-3-5-16/h1-10,12-13,23,26-27H,11,14-15H2,(H,36,37)/t23-,26-,28-/m0/s1. The quantitative estimate of drug-likeness (QED) is 0.233. The van der Waals surface area contributed by atoms with Crippen LogP contribution in [-0.2, 0) is 9.47 Å². The number of hydrogen-bond donors (Lipinski definition) is 1. The van der Waals surface area contributed by atoms with Gasteiger partial charge in [-0.15, -0.1) is 11.3 Å². The van der Waals surface area contributed by atoms with Crippen molar-refractivity contribution in [1.29, 1.82) is 0 Å². The van der Waals surface area contributed by atoms with Gasteiger partial charge in [0, 0.05) is 51.6 Å². The highest BCUT2D eigenvalue weighted by molar-refractivity contribution is 7.11. The second-order valence-corrected chi connectivity index (χ2v) is 10.9. The largest absolute Gasteiger partial charge is 0.345 e. The number of aromatic nitrogens is 3. The van der Waals surface area contributed by atoms with Crippen molar-refractivity contribution in [2.24, 2.45) is 4.99 Å². The summed E-state index contributed by atoms with van der Waals surface area (Å²) < 4.78 is 69.5. The summed E-state index contributed by atoms with van der Waals surface area (Å²) in [6, 6.07) is 12.1. The lowest BCUT2D eigenvalue weighted by Gasteiger charge is -2.37. The van der Waals surface area contributed by atoms with Gasteiger partial charge in [-0.05, 0) is 17.7 Å². The van der Waals surface area contributed by atoms with Crippen LogP contribution < -0.4 is 5.32 Å². The maximum absolute atomic E-state index is 16.4. The molecule has 2 aromatic carbocycles. The lowest BCUT2D eigenvalue weighted by molar-refractivity contribution is -0.237. The van der Waals surface area contributed by atoms with Crippen LogP contribution in [0.5, 0.6) is 0 Å². The van der Waals surface area contributed by atoms with Gasteiger partial charge in [-0.3, -0.25) is 4.99 Å². The number of halogens is 5. The van der Waals surface area contributed by atoms with E-state index in [2.05, 4.69) is 15.4 Å². The van der Waals surface area contributed by atoms with E-state index in [1.54, 1.807) is 11.6 Å². The van der Waals surface area contributed by atoms with E-state index in [0.29, 0.717) is 32.4 Å². The predicted molar refractivity (Wildman–Crippen MR) is 146 cm³/mol. The third kappa shape index (κ3) is 5.78. The Balaban J connectivity index is 1.42. The van der Waals surface area contributed by atoms with Crippen molar-refractivity contribution in [3.63, 3.8) is 0 Å². The molecular weight excluding hydrogens is 582 g/mol. The first-order valence-electron chi connectivity index (χ1n) is 12.5. The SMILES string of the molecule is Fc1ccc([C@@H]2N=C(c3nccs3)NC(C[C@]3(F)CO[C@H](c4ccccc4)OC3)=C2c2cnn(C(F)F)c2)c(Cl)c1. The number of rotatable bonds is 7. The highest BCUT2D eigenvalue weighted by atomic mass is 35.5. The average Bonchev–Trinajstić information content (AvgIpc) is 3.67. The van der Waals surface area contributed by atoms with E-state index in [9.17, 15) is 13.2 Å². The van der Waals surface area contributed by atoms with Crippen molar-refractivity contribution in [3.05, 3.63) is 111 Å². The smallest absolute Gasteiger partial charge is 0.333 e. The lowest BCUT2D eigenvalue weighted by atomic mass is 9.88. The van der Waals surface area contributed by atoms with E-state index in [-0.39, 0.29) is 30.2 Å². The molecule has 0 bridgehead atoms. The maximum atomic E-state index is 16.4. The zero-order chi connectivity index (χ0) is 28.6. The van der Waals surface area contributed by atoms with Gasteiger partial charge in [0.1, 0.15) is 11.9 Å². The molecule has 2 aliphatic heterocycles. The summed E-state index contributed by atoms with van der Waals surface area (Å²) in [6.45, 7) is -3.46. The van der Waals surface area contributed by atoms with Crippen molar-refractivity contribution in [2.45, 2.75) is 31.0 Å². The van der Waals surface area contributed by atoms with Crippen molar-refractivity contribution in [2.75, 3.05) is 13.2 Å². The molecule has 1 fully saturated rings. The molecule has 0 radical (unpaired) electrons. The van der Waals surface area contributed by atoms with E-state index >= 15 is 4.39 Å². The number of nitrogens with one attached hydrogen (secondary N) is 1. The van der Waals surface area contributed by atoms with Gasteiger partial charge in [0.05, 0.1) is 19.4 Å². The molecule has 1 N–H and O–H groups in total. The van der Waals surface area contributed by atoms with E-state index < -0.39 is 30.4 Å². The van der Waals surface area contributed by atoms with E-state index in [0.717, 1.165) is 17.8 Å². The van der Waals surface area contributed by atoms with E-state index in [1.165, 1.54) is 29.7 Å². The predicted octanol–water partition coefficient (Wildman–Crippen LogP) is 6.87. The van der Waals surface area contributed by atoms with Gasteiger partial charge in [0.15, 0.2) is 22.8 Å². The molecule has 4 heterocycles. The fourth-order valence-corrected chi connectivity index (χ4v) is 5.67. The van der Waals surface area contributed by atoms with Gasteiger partial charge in [0.25, 0.3) is 0 Å². The van der Waals surface area contributed by atoms with Gasteiger partial charge < -0.3 is 14.8 Å². The Morgan fingerprint density at radius 3 is 2.59 bits per heavy atom. The molecule has 0 spiro atoms. The van der Waals surface area contributed by atoms with Gasteiger partial charge in [-0.1, -0.05) is 48.0 Å². The topological polar surface area (TPSA) is 73.6 Å². The Labute approximate surface area is 241 Å². The van der Waals surface area contributed by atoms with Gasteiger partial charge in [0.2, 0.25) is 0 Å². The summed E-state index contributed by atoms with van der Waals surface area (Å²) >= 11 is 7.77. The summed E-state index contributed by atoms with van der Waals surface area (Å²) in [7, 11) is 0. The minimum atomic E-state index is -2.89. The Kier molecular flexibility index (Phi) is 7.64. The Hall–Kier alpha value is -3.58. The van der Waals surface area contributed by atoms with Crippen molar-refractivity contribution < 1.29 is 27.0 Å². The van der Waals surface area contributed by atoms with Gasteiger partial charge in [-0.2, -0.15) is 13.9 Å². The molecule has 7 nitrogen and oxygen atoms in total. The zero-order valence-electron chi connectivity index (χ0n) is 21.2. The molecular formula is C28H22ClF4N5O2S. The molecule has 2 aliphatic rings. The van der Waals surface area contributed by atoms with Crippen LogP contribution in [0.4, 0.5) is 17.6 Å². The molecule has 0 unspecified atom stereocenters. The number of benzene rings is 2. The fraction of sp³-hybridized carbons (Fsp3) is 0.250. The van der Waals surface area contributed by atoms with Crippen molar-refractivity contribution >= 4 is 34.3 Å². The van der Waals surface area contributed by atoms with E-state index in [1.807, 2.05) is 30.3 Å². The third-order valence-corrected chi connectivity index (χ3v) is 7.79. The summed E-state index contributed by atoms with van der Waals surface area (Å²) in [5, 5.41) is 9.29. The van der Waals surface area contributed by atoms with Gasteiger partial charge >= 0.3 is 6.55 Å². The number of hydrogen-bond acceptors (Lipinski definition) is 7. The van der Waals surface area contributed by atoms with Gasteiger partial charge in [-0.25, -0.2) is 18.4 Å². The van der Waals surface area contributed by atoms with Crippen LogP contribution in [0, 0.1) is 5.82 Å². The highest BCUT2D eigenvalue weighted by Crippen LogP contribution is 2.44. The average molecular weight is 604 g/mol. The Morgan fingerprint density at radius 1 is 1.15 bits per heavy atom. The summed E-state index contributed by atoms with van der Waals surface area (Å²) in [5.41, 5.74) is 0.122. The van der Waals surface area contributed by atoms with Crippen LogP contribution in [0.25, 0.3) is 5.57 Å². The molecule has 1 saturated heterocycles. The molecule has 0 saturated carbocycles. The lowest BCUT2D eigenvalue weighted by Crippen LogP contribution is -2.44. The van der Waals surface area contributed by atoms with Crippen molar-refractivity contribution in [1.82, 2.24) is 20.1 Å².